The lowest BCUT2D eigenvalue weighted by Crippen LogP contribution is -2.06. The van der Waals surface area contributed by atoms with E-state index in [0.717, 1.165) is 34.9 Å². The summed E-state index contributed by atoms with van der Waals surface area (Å²) in [6, 6.07) is 6.29. The highest BCUT2D eigenvalue weighted by Gasteiger charge is 2.25. The van der Waals surface area contributed by atoms with E-state index < -0.39 is 0 Å². The van der Waals surface area contributed by atoms with E-state index in [1.165, 1.54) is 10.9 Å². The van der Waals surface area contributed by atoms with Crippen LogP contribution in [0.3, 0.4) is 0 Å². The van der Waals surface area contributed by atoms with Gasteiger partial charge < -0.3 is 0 Å². The van der Waals surface area contributed by atoms with Crippen LogP contribution in [0.25, 0.3) is 10.8 Å². The molecular formula is C18H23NO2. The highest BCUT2D eigenvalue weighted by Crippen LogP contribution is 2.38. The lowest BCUT2D eigenvalue weighted by atomic mass is 9.86. The van der Waals surface area contributed by atoms with Crippen molar-refractivity contribution < 1.29 is 4.92 Å². The van der Waals surface area contributed by atoms with Crippen molar-refractivity contribution in [1.82, 2.24) is 0 Å². The van der Waals surface area contributed by atoms with Gasteiger partial charge in [0, 0.05) is 11.1 Å². The second-order valence-electron chi connectivity index (χ2n) is 5.30. The largest absolute Gasteiger partial charge is 0.276 e. The zero-order chi connectivity index (χ0) is 15.6. The molecule has 0 aliphatic carbocycles. The fourth-order valence-electron chi connectivity index (χ4n) is 3.46. The normalized spacial score (nSPS) is 11.0. The van der Waals surface area contributed by atoms with Crippen LogP contribution in [0, 0.1) is 10.1 Å². The van der Waals surface area contributed by atoms with Gasteiger partial charge in [0.05, 0.1) is 4.92 Å². The van der Waals surface area contributed by atoms with Gasteiger partial charge in [0.15, 0.2) is 0 Å². The van der Waals surface area contributed by atoms with Crippen molar-refractivity contribution in [3.8, 4) is 0 Å². The number of hydrogen-bond donors (Lipinski definition) is 0. The summed E-state index contributed by atoms with van der Waals surface area (Å²) in [6.45, 7) is 8.22. The van der Waals surface area contributed by atoms with Gasteiger partial charge in [0.25, 0.3) is 5.69 Å². The second-order valence-corrected chi connectivity index (χ2v) is 5.30. The van der Waals surface area contributed by atoms with E-state index in [9.17, 15) is 10.1 Å². The molecule has 0 fully saturated rings. The van der Waals surface area contributed by atoms with Crippen molar-refractivity contribution >= 4 is 16.5 Å². The molecule has 0 atom stereocenters. The summed E-state index contributed by atoms with van der Waals surface area (Å²) in [5.74, 6) is 0. The first kappa shape index (κ1) is 15.5. The van der Waals surface area contributed by atoms with E-state index in [1.807, 2.05) is 13.8 Å². The Morgan fingerprint density at radius 2 is 1.52 bits per heavy atom. The molecule has 0 spiro atoms. The molecule has 0 unspecified atom stereocenters. The maximum absolute atomic E-state index is 11.7. The number of fused-ring (bicyclic) bond motifs is 1. The average Bonchev–Trinajstić information content (AvgIpc) is 2.51. The van der Waals surface area contributed by atoms with Gasteiger partial charge in [-0.1, -0.05) is 45.9 Å². The molecule has 0 aliphatic rings. The SMILES string of the molecule is CCc1c([N+](=O)[O-])c(CC)c2c(CC)cccc2c1CC. The molecule has 21 heavy (non-hydrogen) atoms. The Balaban J connectivity index is 3.09. The van der Waals surface area contributed by atoms with Gasteiger partial charge in [-0.05, 0) is 47.6 Å². The standard InChI is InChI=1S/C18H23NO2/c1-5-12-10-9-11-16-13(6-2)14(7-3)18(19(20)21)15(8-4)17(12)16/h9-11H,5-8H2,1-4H3. The van der Waals surface area contributed by atoms with E-state index in [2.05, 4.69) is 32.0 Å². The number of nitro benzene ring substituents is 1. The monoisotopic (exact) mass is 285 g/mol. The molecule has 0 saturated heterocycles. The Morgan fingerprint density at radius 1 is 0.905 bits per heavy atom. The molecule has 0 aliphatic heterocycles. The molecule has 2 aromatic carbocycles. The van der Waals surface area contributed by atoms with Crippen LogP contribution in [0.4, 0.5) is 5.69 Å². The van der Waals surface area contributed by atoms with E-state index in [0.29, 0.717) is 18.5 Å². The van der Waals surface area contributed by atoms with Gasteiger partial charge >= 0.3 is 0 Å². The molecular weight excluding hydrogens is 262 g/mol. The summed E-state index contributed by atoms with van der Waals surface area (Å²) in [4.78, 5) is 11.5. The molecule has 0 N–H and O–H groups in total. The van der Waals surface area contributed by atoms with Crippen LogP contribution in [-0.4, -0.2) is 4.92 Å². The number of rotatable bonds is 5. The Bertz CT molecular complexity index is 689. The van der Waals surface area contributed by atoms with E-state index >= 15 is 0 Å². The quantitative estimate of drug-likeness (QED) is 0.573. The molecule has 3 heteroatoms. The predicted molar refractivity (Wildman–Crippen MR) is 88.1 cm³/mol. The molecule has 112 valence electrons. The minimum Gasteiger partial charge on any atom is -0.258 e. The highest BCUT2D eigenvalue weighted by atomic mass is 16.6. The second kappa shape index (κ2) is 6.25. The van der Waals surface area contributed by atoms with Crippen LogP contribution in [0.15, 0.2) is 18.2 Å². The summed E-state index contributed by atoms with van der Waals surface area (Å²) in [5.41, 5.74) is 4.53. The van der Waals surface area contributed by atoms with E-state index in [-0.39, 0.29) is 4.92 Å². The van der Waals surface area contributed by atoms with Crippen LogP contribution in [0.1, 0.15) is 49.9 Å². The van der Waals surface area contributed by atoms with E-state index in [1.54, 1.807) is 0 Å². The van der Waals surface area contributed by atoms with Crippen molar-refractivity contribution in [1.29, 1.82) is 0 Å². The Labute approximate surface area is 126 Å². The van der Waals surface area contributed by atoms with Crippen molar-refractivity contribution in [3.63, 3.8) is 0 Å². The summed E-state index contributed by atoms with van der Waals surface area (Å²) in [6.07, 6.45) is 3.13. The molecule has 3 nitrogen and oxygen atoms in total. The Kier molecular flexibility index (Phi) is 4.61. The first-order chi connectivity index (χ1) is 10.1. The number of hydrogen-bond acceptors (Lipinski definition) is 2. The molecule has 0 bridgehead atoms. The third-order valence-electron chi connectivity index (χ3n) is 4.34. The number of benzene rings is 2. The molecule has 0 saturated carbocycles. The van der Waals surface area contributed by atoms with Crippen molar-refractivity contribution in [2.75, 3.05) is 0 Å². The third-order valence-corrected chi connectivity index (χ3v) is 4.34. The molecule has 2 rings (SSSR count). The van der Waals surface area contributed by atoms with Crippen molar-refractivity contribution in [2.45, 2.75) is 53.4 Å². The molecule has 0 radical (unpaired) electrons. The predicted octanol–water partition coefficient (Wildman–Crippen LogP) is 5.00. The summed E-state index contributed by atoms with van der Waals surface area (Å²) in [7, 11) is 0. The lowest BCUT2D eigenvalue weighted by Gasteiger charge is -2.17. The third kappa shape index (κ3) is 2.41. The zero-order valence-corrected chi connectivity index (χ0v) is 13.3. The average molecular weight is 285 g/mol. The van der Waals surface area contributed by atoms with Crippen LogP contribution in [0.5, 0.6) is 0 Å². The maximum atomic E-state index is 11.7. The Morgan fingerprint density at radius 3 is 2.00 bits per heavy atom. The van der Waals surface area contributed by atoms with Gasteiger partial charge in [0.1, 0.15) is 0 Å². The molecule has 0 amide bonds. The van der Waals surface area contributed by atoms with Crippen LogP contribution in [0.2, 0.25) is 0 Å². The van der Waals surface area contributed by atoms with Gasteiger partial charge in [-0.15, -0.1) is 0 Å². The lowest BCUT2D eigenvalue weighted by molar-refractivity contribution is -0.386. The fourth-order valence-corrected chi connectivity index (χ4v) is 3.46. The minimum atomic E-state index is -0.178. The molecule has 0 heterocycles. The first-order valence-electron chi connectivity index (χ1n) is 7.83. The van der Waals surface area contributed by atoms with Crippen molar-refractivity contribution in [2.24, 2.45) is 0 Å². The van der Waals surface area contributed by atoms with Gasteiger partial charge in [-0.25, -0.2) is 0 Å². The van der Waals surface area contributed by atoms with Crippen molar-refractivity contribution in [3.05, 3.63) is 50.6 Å². The summed E-state index contributed by atoms with van der Waals surface area (Å²) < 4.78 is 0. The first-order valence-corrected chi connectivity index (χ1v) is 7.83. The molecule has 2 aromatic rings. The highest BCUT2D eigenvalue weighted by molar-refractivity contribution is 5.96. The van der Waals surface area contributed by atoms with Crippen LogP contribution < -0.4 is 0 Å². The summed E-state index contributed by atoms with van der Waals surface area (Å²) in [5, 5.41) is 14.0. The number of nitrogens with zero attached hydrogens (tertiary/aromatic N) is 1. The van der Waals surface area contributed by atoms with Crippen LogP contribution in [-0.2, 0) is 25.7 Å². The number of aryl methyl sites for hydroxylation is 3. The van der Waals surface area contributed by atoms with Crippen LogP contribution >= 0.6 is 0 Å². The fraction of sp³-hybridized carbons (Fsp3) is 0.444. The Hall–Kier alpha value is -1.90. The number of nitro groups is 1. The smallest absolute Gasteiger partial charge is 0.258 e. The van der Waals surface area contributed by atoms with Gasteiger partial charge in [-0.2, -0.15) is 0 Å². The topological polar surface area (TPSA) is 43.1 Å². The van der Waals surface area contributed by atoms with E-state index in [4.69, 9.17) is 0 Å². The minimum absolute atomic E-state index is 0.178. The zero-order valence-electron chi connectivity index (χ0n) is 13.3. The molecule has 0 aromatic heterocycles. The van der Waals surface area contributed by atoms with Gasteiger partial charge in [0.2, 0.25) is 0 Å². The van der Waals surface area contributed by atoms with Gasteiger partial charge in [-0.3, -0.25) is 10.1 Å². The maximum Gasteiger partial charge on any atom is 0.276 e. The summed E-state index contributed by atoms with van der Waals surface area (Å²) >= 11 is 0.